The summed E-state index contributed by atoms with van der Waals surface area (Å²) in [6.45, 7) is 9.56. The van der Waals surface area contributed by atoms with Gasteiger partial charge >= 0.3 is 35.8 Å². The van der Waals surface area contributed by atoms with Gasteiger partial charge in [0.1, 0.15) is 0 Å². The molecule has 0 heterocycles. The summed E-state index contributed by atoms with van der Waals surface area (Å²) in [6.07, 6.45) is 7.07. The first-order valence-electron chi connectivity index (χ1n) is 17.5. The van der Waals surface area contributed by atoms with Crippen LogP contribution >= 0.6 is 0 Å². The molecule has 3 rings (SSSR count). The Labute approximate surface area is 305 Å². The first-order chi connectivity index (χ1) is 25.0. The third kappa shape index (κ3) is 16.5. The van der Waals surface area contributed by atoms with Crippen molar-refractivity contribution in [3.63, 3.8) is 0 Å². The number of unbranched alkanes of at least 4 members (excludes halogenated alkanes) is 4. The molecule has 0 bridgehead atoms. The molecule has 12 heteroatoms. The second-order valence-electron chi connectivity index (χ2n) is 11.2. The van der Waals surface area contributed by atoms with Gasteiger partial charge in [-0.25, -0.2) is 28.8 Å². The molecule has 0 fully saturated rings. The van der Waals surface area contributed by atoms with Crippen molar-refractivity contribution in [2.24, 2.45) is 0 Å². The molecule has 52 heavy (non-hydrogen) atoms. The zero-order valence-electron chi connectivity index (χ0n) is 30.4. The van der Waals surface area contributed by atoms with Gasteiger partial charge in [0, 0.05) is 0 Å². The van der Waals surface area contributed by atoms with Crippen LogP contribution in [-0.2, 0) is 18.9 Å². The van der Waals surface area contributed by atoms with Crippen molar-refractivity contribution in [3.8, 4) is 0 Å². The largest absolute Gasteiger partial charge is 0.478 e. The van der Waals surface area contributed by atoms with Gasteiger partial charge in [-0.05, 0) is 62.1 Å². The molecule has 0 atom stereocenters. The van der Waals surface area contributed by atoms with Crippen LogP contribution in [0, 0.1) is 0 Å². The topological polar surface area (TPSA) is 180 Å². The molecular weight excluding hydrogens is 672 g/mol. The van der Waals surface area contributed by atoms with Crippen molar-refractivity contribution in [1.82, 2.24) is 0 Å². The molecule has 0 saturated heterocycles. The summed E-state index contributed by atoms with van der Waals surface area (Å²) >= 11 is 0. The average molecular weight is 723 g/mol. The van der Waals surface area contributed by atoms with Crippen molar-refractivity contribution in [2.75, 3.05) is 26.4 Å². The van der Waals surface area contributed by atoms with Crippen LogP contribution < -0.4 is 0 Å². The minimum Gasteiger partial charge on any atom is -0.478 e. The standard InChI is InChI=1S/2C16H22O4.C8H6O4/c2*1-3-5-11-19-15(17)13-9-7-8-10-14(13)16(18)20-12-6-4-2;9-7(10)5-3-1-2-4-6(5)8(11)12/h2*7-10H,3-6,11-12H2,1-2H3;1-4H,(H,9,10)(H,11,12). The molecule has 2 N–H and O–H groups in total. The third-order valence-electron chi connectivity index (χ3n) is 7.05. The molecule has 0 unspecified atom stereocenters. The second-order valence-corrected chi connectivity index (χ2v) is 11.2. The number of hydrogen-bond acceptors (Lipinski definition) is 10. The Kier molecular flexibility index (Phi) is 22.5. The third-order valence-corrected chi connectivity index (χ3v) is 7.05. The van der Waals surface area contributed by atoms with E-state index in [1.165, 1.54) is 24.3 Å². The molecule has 3 aromatic carbocycles. The highest BCUT2D eigenvalue weighted by atomic mass is 16.5. The Morgan fingerprint density at radius 1 is 0.385 bits per heavy atom. The highest BCUT2D eigenvalue weighted by Gasteiger charge is 2.20. The van der Waals surface area contributed by atoms with E-state index in [1.54, 1.807) is 48.5 Å². The van der Waals surface area contributed by atoms with Crippen LogP contribution in [0.3, 0.4) is 0 Å². The van der Waals surface area contributed by atoms with Gasteiger partial charge in [0.2, 0.25) is 0 Å². The van der Waals surface area contributed by atoms with Gasteiger partial charge in [0.15, 0.2) is 0 Å². The molecule has 0 aliphatic rings. The summed E-state index contributed by atoms with van der Waals surface area (Å²) < 4.78 is 20.6. The number of hydrogen-bond donors (Lipinski definition) is 2. The van der Waals surface area contributed by atoms with Crippen LogP contribution in [0.4, 0.5) is 0 Å². The summed E-state index contributed by atoms with van der Waals surface area (Å²) in [5, 5.41) is 17.1. The number of esters is 4. The fraction of sp³-hybridized carbons (Fsp3) is 0.400. The van der Waals surface area contributed by atoms with E-state index < -0.39 is 35.8 Å². The van der Waals surface area contributed by atoms with E-state index in [-0.39, 0.29) is 33.4 Å². The van der Waals surface area contributed by atoms with Gasteiger partial charge in [-0.3, -0.25) is 0 Å². The number of carboxylic acid groups (broad SMARTS) is 2. The van der Waals surface area contributed by atoms with E-state index in [1.807, 2.05) is 27.7 Å². The second kappa shape index (κ2) is 26.3. The number of ether oxygens (including phenoxy) is 4. The van der Waals surface area contributed by atoms with Crippen molar-refractivity contribution < 1.29 is 57.9 Å². The molecule has 0 spiro atoms. The molecule has 282 valence electrons. The Bertz CT molecular complexity index is 1380. The Morgan fingerprint density at radius 2 is 0.577 bits per heavy atom. The van der Waals surface area contributed by atoms with Crippen LogP contribution in [-0.4, -0.2) is 72.5 Å². The minimum absolute atomic E-state index is 0.190. The Morgan fingerprint density at radius 3 is 0.750 bits per heavy atom. The maximum Gasteiger partial charge on any atom is 0.339 e. The lowest BCUT2D eigenvalue weighted by atomic mass is 10.1. The van der Waals surface area contributed by atoms with Gasteiger partial charge in [-0.2, -0.15) is 0 Å². The number of aromatic carboxylic acids is 2. The summed E-state index contributed by atoms with van der Waals surface area (Å²) in [7, 11) is 0. The van der Waals surface area contributed by atoms with Crippen LogP contribution in [0.1, 0.15) is 141 Å². The summed E-state index contributed by atoms with van der Waals surface area (Å²) in [4.78, 5) is 68.7. The van der Waals surface area contributed by atoms with Crippen LogP contribution in [0.25, 0.3) is 0 Å². The Hall–Kier alpha value is -5.52. The van der Waals surface area contributed by atoms with E-state index >= 15 is 0 Å². The molecular formula is C40H50O12. The molecule has 0 aliphatic carbocycles. The number of benzene rings is 3. The molecule has 0 amide bonds. The van der Waals surface area contributed by atoms with E-state index in [2.05, 4.69) is 0 Å². The highest BCUT2D eigenvalue weighted by molar-refractivity contribution is 6.04. The normalized spacial score (nSPS) is 9.92. The Balaban J connectivity index is 0.000000403. The van der Waals surface area contributed by atoms with Gasteiger partial charge < -0.3 is 29.2 Å². The highest BCUT2D eigenvalue weighted by Crippen LogP contribution is 2.14. The van der Waals surface area contributed by atoms with Crippen molar-refractivity contribution in [1.29, 1.82) is 0 Å². The summed E-state index contributed by atoms with van der Waals surface area (Å²) in [5.41, 5.74) is 0.695. The van der Waals surface area contributed by atoms with Crippen molar-refractivity contribution in [2.45, 2.75) is 79.1 Å². The smallest absolute Gasteiger partial charge is 0.339 e. The van der Waals surface area contributed by atoms with Gasteiger partial charge in [-0.15, -0.1) is 0 Å². The zero-order chi connectivity index (χ0) is 38.7. The monoisotopic (exact) mass is 722 g/mol. The first kappa shape index (κ1) is 44.5. The van der Waals surface area contributed by atoms with Crippen LogP contribution in [0.15, 0.2) is 72.8 Å². The molecule has 0 saturated carbocycles. The lowest BCUT2D eigenvalue weighted by molar-refractivity contribution is 0.0452. The molecule has 0 aromatic heterocycles. The molecule has 0 aliphatic heterocycles. The predicted octanol–water partition coefficient (Wildman–Crippen LogP) is 8.28. The first-order valence-corrected chi connectivity index (χ1v) is 17.5. The number of carboxylic acids is 2. The fourth-order valence-corrected chi connectivity index (χ4v) is 4.08. The van der Waals surface area contributed by atoms with Gasteiger partial charge in [-0.1, -0.05) is 89.8 Å². The van der Waals surface area contributed by atoms with Crippen molar-refractivity contribution >= 4 is 35.8 Å². The molecule has 12 nitrogen and oxygen atoms in total. The minimum atomic E-state index is -1.23. The van der Waals surface area contributed by atoms with Gasteiger partial charge in [0.05, 0.1) is 59.8 Å². The van der Waals surface area contributed by atoms with Crippen LogP contribution in [0.2, 0.25) is 0 Å². The van der Waals surface area contributed by atoms with Gasteiger partial charge in [0.25, 0.3) is 0 Å². The predicted molar refractivity (Wildman–Crippen MR) is 194 cm³/mol. The van der Waals surface area contributed by atoms with E-state index in [0.29, 0.717) is 26.4 Å². The fourth-order valence-electron chi connectivity index (χ4n) is 4.08. The van der Waals surface area contributed by atoms with E-state index in [0.717, 1.165) is 51.4 Å². The zero-order valence-corrected chi connectivity index (χ0v) is 30.4. The lowest BCUT2D eigenvalue weighted by Crippen LogP contribution is -2.14. The average Bonchev–Trinajstić information content (AvgIpc) is 3.15. The SMILES string of the molecule is CCCCOC(=O)c1ccccc1C(=O)OCCCC.CCCCOC(=O)c1ccccc1C(=O)OCCCC.O=C(O)c1ccccc1C(=O)O. The number of carbonyl (C=O) groups excluding carboxylic acids is 4. The number of carbonyl (C=O) groups is 6. The molecule has 3 aromatic rings. The van der Waals surface area contributed by atoms with E-state index in [4.69, 9.17) is 29.2 Å². The summed E-state index contributed by atoms with van der Waals surface area (Å²) in [6, 6.07) is 18.7. The quantitative estimate of drug-likeness (QED) is 0.0730. The van der Waals surface area contributed by atoms with E-state index in [9.17, 15) is 28.8 Å². The maximum absolute atomic E-state index is 11.9. The number of rotatable bonds is 18. The summed E-state index contributed by atoms with van der Waals surface area (Å²) in [5.74, 6) is -4.34. The van der Waals surface area contributed by atoms with Crippen molar-refractivity contribution in [3.05, 3.63) is 106 Å². The molecule has 0 radical (unpaired) electrons. The maximum atomic E-state index is 11.9. The van der Waals surface area contributed by atoms with Crippen LogP contribution in [0.5, 0.6) is 0 Å². The lowest BCUT2D eigenvalue weighted by Gasteiger charge is -2.09.